The van der Waals surface area contributed by atoms with Crippen molar-refractivity contribution < 1.29 is 4.79 Å². The second-order valence-corrected chi connectivity index (χ2v) is 8.36. The van der Waals surface area contributed by atoms with Crippen LogP contribution in [0.25, 0.3) is 0 Å². The maximum atomic E-state index is 13.0. The fourth-order valence-electron chi connectivity index (χ4n) is 4.28. The van der Waals surface area contributed by atoms with Gasteiger partial charge in [-0.05, 0) is 36.2 Å². The third-order valence-electron chi connectivity index (χ3n) is 6.11. The van der Waals surface area contributed by atoms with E-state index in [0.29, 0.717) is 37.8 Å². The number of nitriles is 1. The molecule has 6 nitrogen and oxygen atoms in total. The van der Waals surface area contributed by atoms with Gasteiger partial charge in [0.05, 0.1) is 30.2 Å². The fraction of sp³-hybridized carbons (Fsp3) is 0.346. The number of imidazole rings is 1. The van der Waals surface area contributed by atoms with Crippen LogP contribution in [0.2, 0.25) is 0 Å². The van der Waals surface area contributed by atoms with Crippen LogP contribution in [0.3, 0.4) is 0 Å². The first-order valence-electron chi connectivity index (χ1n) is 11.3. The average Bonchev–Trinajstić information content (AvgIpc) is 3.26. The highest BCUT2D eigenvalue weighted by atomic mass is 16.2. The Morgan fingerprint density at radius 1 is 1.09 bits per heavy atom. The molecule has 32 heavy (non-hydrogen) atoms. The molecule has 1 atom stereocenters. The van der Waals surface area contributed by atoms with Crippen LogP contribution in [0.15, 0.2) is 67.1 Å². The molecule has 1 aliphatic heterocycles. The van der Waals surface area contributed by atoms with Gasteiger partial charge in [0.15, 0.2) is 0 Å². The summed E-state index contributed by atoms with van der Waals surface area (Å²) >= 11 is 0. The number of hydrogen-bond donors (Lipinski definition) is 0. The Hall–Kier alpha value is -3.43. The summed E-state index contributed by atoms with van der Waals surface area (Å²) in [6, 6.07) is 20.1. The van der Waals surface area contributed by atoms with Crippen LogP contribution in [0.5, 0.6) is 0 Å². The highest BCUT2D eigenvalue weighted by molar-refractivity contribution is 5.95. The van der Waals surface area contributed by atoms with Gasteiger partial charge in [-0.3, -0.25) is 9.69 Å². The first kappa shape index (κ1) is 21.8. The molecule has 0 radical (unpaired) electrons. The third kappa shape index (κ3) is 5.06. The van der Waals surface area contributed by atoms with Gasteiger partial charge in [-0.15, -0.1) is 0 Å². The summed E-state index contributed by atoms with van der Waals surface area (Å²) in [5, 5.41) is 9.01. The van der Waals surface area contributed by atoms with Gasteiger partial charge in [0.25, 0.3) is 0 Å². The van der Waals surface area contributed by atoms with Gasteiger partial charge < -0.3 is 9.47 Å². The van der Waals surface area contributed by atoms with Crippen LogP contribution in [0.1, 0.15) is 43.0 Å². The highest BCUT2D eigenvalue weighted by Gasteiger charge is 2.32. The lowest BCUT2D eigenvalue weighted by molar-refractivity contribution is -0.122. The van der Waals surface area contributed by atoms with Crippen molar-refractivity contribution in [1.82, 2.24) is 14.5 Å². The van der Waals surface area contributed by atoms with E-state index in [2.05, 4.69) is 27.4 Å². The molecular formula is C26H29N5O. The molecule has 6 heteroatoms. The Kier molecular flexibility index (Phi) is 6.98. The zero-order valence-electron chi connectivity index (χ0n) is 18.5. The Labute approximate surface area is 189 Å². The lowest BCUT2D eigenvalue weighted by Gasteiger charge is -2.41. The summed E-state index contributed by atoms with van der Waals surface area (Å²) in [6.45, 7) is 4.72. The van der Waals surface area contributed by atoms with E-state index < -0.39 is 0 Å². The average molecular weight is 428 g/mol. The Balaban J connectivity index is 1.49. The van der Waals surface area contributed by atoms with Crippen molar-refractivity contribution in [2.24, 2.45) is 0 Å². The molecule has 1 amide bonds. The van der Waals surface area contributed by atoms with Crippen LogP contribution < -0.4 is 4.90 Å². The second kappa shape index (κ2) is 10.3. The van der Waals surface area contributed by atoms with Crippen LogP contribution in [0, 0.1) is 11.3 Å². The molecule has 1 aromatic heterocycles. The number of rotatable bonds is 8. The zero-order chi connectivity index (χ0) is 22.3. The second-order valence-electron chi connectivity index (χ2n) is 8.36. The fourth-order valence-corrected chi connectivity index (χ4v) is 4.28. The molecule has 4 rings (SSSR count). The van der Waals surface area contributed by atoms with Crippen molar-refractivity contribution in [3.05, 3.63) is 83.9 Å². The number of hydrogen-bond acceptors (Lipinski definition) is 4. The highest BCUT2D eigenvalue weighted by Crippen LogP contribution is 2.24. The summed E-state index contributed by atoms with van der Waals surface area (Å²) in [5.74, 6) is 0.141. The van der Waals surface area contributed by atoms with E-state index in [0.717, 1.165) is 36.2 Å². The van der Waals surface area contributed by atoms with Crippen molar-refractivity contribution in [3.63, 3.8) is 0 Å². The molecule has 1 fully saturated rings. The van der Waals surface area contributed by atoms with E-state index >= 15 is 0 Å². The lowest BCUT2D eigenvalue weighted by atomic mass is 10.0. The summed E-state index contributed by atoms with van der Waals surface area (Å²) in [5.41, 5.74) is 3.85. The molecule has 0 saturated carbocycles. The van der Waals surface area contributed by atoms with Gasteiger partial charge in [-0.25, -0.2) is 4.98 Å². The molecule has 1 unspecified atom stereocenters. The molecule has 0 N–H and O–H groups in total. The number of benzene rings is 2. The van der Waals surface area contributed by atoms with E-state index in [1.807, 2.05) is 72.0 Å². The predicted molar refractivity (Wildman–Crippen MR) is 125 cm³/mol. The topological polar surface area (TPSA) is 65.2 Å². The Morgan fingerprint density at radius 3 is 2.59 bits per heavy atom. The van der Waals surface area contributed by atoms with Gasteiger partial charge in [0.1, 0.15) is 0 Å². The van der Waals surface area contributed by atoms with E-state index in [1.54, 1.807) is 0 Å². The van der Waals surface area contributed by atoms with Gasteiger partial charge in [0.2, 0.25) is 5.91 Å². The molecule has 2 aromatic carbocycles. The quantitative estimate of drug-likeness (QED) is 0.540. The SMILES string of the molecule is CCCCC1CN(c2ccccc2)C(=O)CN1Cc1cncn1Cc1ccc(C#N)cc1. The van der Waals surface area contributed by atoms with Gasteiger partial charge >= 0.3 is 0 Å². The van der Waals surface area contributed by atoms with E-state index in [1.165, 1.54) is 0 Å². The van der Waals surface area contributed by atoms with Gasteiger partial charge in [-0.1, -0.05) is 50.1 Å². The number of unbranched alkanes of at least 4 members (excludes halogenated alkanes) is 1. The molecule has 0 bridgehead atoms. The number of amides is 1. The maximum absolute atomic E-state index is 13.0. The molecule has 0 spiro atoms. The van der Waals surface area contributed by atoms with Crippen LogP contribution in [0.4, 0.5) is 5.69 Å². The number of anilines is 1. The number of nitrogens with zero attached hydrogens (tertiary/aromatic N) is 5. The van der Waals surface area contributed by atoms with Gasteiger partial charge in [0, 0.05) is 37.6 Å². The van der Waals surface area contributed by atoms with Crippen molar-refractivity contribution in [2.45, 2.75) is 45.3 Å². The molecule has 1 saturated heterocycles. The Bertz CT molecular complexity index is 1070. The normalized spacial score (nSPS) is 16.8. The lowest BCUT2D eigenvalue weighted by Crippen LogP contribution is -2.56. The zero-order valence-corrected chi connectivity index (χ0v) is 18.5. The summed E-state index contributed by atoms with van der Waals surface area (Å²) in [4.78, 5) is 21.6. The number of para-hydroxylation sites is 1. The van der Waals surface area contributed by atoms with E-state index in [-0.39, 0.29) is 5.91 Å². The molecule has 0 aliphatic carbocycles. The van der Waals surface area contributed by atoms with Crippen molar-refractivity contribution >= 4 is 11.6 Å². The monoisotopic (exact) mass is 427 g/mol. The minimum atomic E-state index is 0.141. The number of piperazine rings is 1. The largest absolute Gasteiger partial charge is 0.329 e. The van der Waals surface area contributed by atoms with E-state index in [9.17, 15) is 4.79 Å². The minimum absolute atomic E-state index is 0.141. The first-order valence-corrected chi connectivity index (χ1v) is 11.3. The van der Waals surface area contributed by atoms with Crippen molar-refractivity contribution in [2.75, 3.05) is 18.0 Å². The van der Waals surface area contributed by atoms with Crippen molar-refractivity contribution in [3.8, 4) is 6.07 Å². The number of carbonyl (C=O) groups is 1. The minimum Gasteiger partial charge on any atom is -0.329 e. The van der Waals surface area contributed by atoms with Gasteiger partial charge in [-0.2, -0.15) is 5.26 Å². The molecule has 164 valence electrons. The van der Waals surface area contributed by atoms with E-state index in [4.69, 9.17) is 5.26 Å². The number of aromatic nitrogens is 2. The van der Waals surface area contributed by atoms with Crippen LogP contribution >= 0.6 is 0 Å². The summed E-state index contributed by atoms with van der Waals surface area (Å²) in [6.07, 6.45) is 7.09. The standard InChI is InChI=1S/C26H29N5O/c1-2-3-7-24-18-31(23-8-5-4-6-9-23)26(32)19-29(24)17-25-15-28-20-30(25)16-22-12-10-21(14-27)11-13-22/h4-6,8-13,15,20,24H,2-3,7,16-19H2,1H3. The van der Waals surface area contributed by atoms with Crippen LogP contribution in [-0.2, 0) is 17.9 Å². The predicted octanol–water partition coefficient (Wildman–Crippen LogP) is 4.21. The first-order chi connectivity index (χ1) is 15.7. The third-order valence-corrected chi connectivity index (χ3v) is 6.11. The summed E-state index contributed by atoms with van der Waals surface area (Å²) in [7, 11) is 0. The van der Waals surface area contributed by atoms with Crippen LogP contribution in [-0.4, -0.2) is 39.5 Å². The number of carbonyl (C=O) groups excluding carboxylic acids is 1. The molecular weight excluding hydrogens is 398 g/mol. The summed E-state index contributed by atoms with van der Waals surface area (Å²) < 4.78 is 2.13. The molecule has 2 heterocycles. The smallest absolute Gasteiger partial charge is 0.241 e. The molecule has 3 aromatic rings. The maximum Gasteiger partial charge on any atom is 0.241 e. The molecule has 1 aliphatic rings. The van der Waals surface area contributed by atoms with Crippen molar-refractivity contribution in [1.29, 1.82) is 5.26 Å². The Morgan fingerprint density at radius 2 is 1.88 bits per heavy atom.